The van der Waals surface area contributed by atoms with E-state index in [9.17, 15) is 14.9 Å². The first-order chi connectivity index (χ1) is 7.43. The minimum absolute atomic E-state index is 0.00625. The van der Waals surface area contributed by atoms with Gasteiger partial charge in [-0.2, -0.15) is 0 Å². The van der Waals surface area contributed by atoms with E-state index in [2.05, 4.69) is 0 Å². The fraction of sp³-hybridized carbons (Fsp3) is 0.364. The molecule has 0 aliphatic rings. The third-order valence-corrected chi connectivity index (χ3v) is 2.33. The number of carbonyl (C=O) groups is 1. The van der Waals surface area contributed by atoms with Gasteiger partial charge in [-0.05, 0) is 26.8 Å². The lowest BCUT2D eigenvalue weighted by molar-refractivity contribution is -0.385. The van der Waals surface area contributed by atoms with Gasteiger partial charge in [0.1, 0.15) is 5.75 Å². The topological polar surface area (TPSA) is 69.4 Å². The van der Waals surface area contributed by atoms with Crippen LogP contribution >= 0.6 is 0 Å². The van der Waals surface area contributed by atoms with Crippen LogP contribution in [0.4, 0.5) is 5.69 Å². The Hall–Kier alpha value is -1.91. The van der Waals surface area contributed by atoms with Gasteiger partial charge in [0.15, 0.2) is 11.9 Å². The summed E-state index contributed by atoms with van der Waals surface area (Å²) in [6, 6.07) is 4.55. The van der Waals surface area contributed by atoms with Gasteiger partial charge in [-0.25, -0.2) is 0 Å². The number of hydrogen-bond donors (Lipinski definition) is 0. The molecule has 1 unspecified atom stereocenters. The molecule has 1 aromatic rings. The lowest BCUT2D eigenvalue weighted by Gasteiger charge is -2.13. The van der Waals surface area contributed by atoms with Crippen molar-refractivity contribution in [2.75, 3.05) is 0 Å². The van der Waals surface area contributed by atoms with Crippen LogP contribution in [0.2, 0.25) is 0 Å². The van der Waals surface area contributed by atoms with Crippen LogP contribution in [0.1, 0.15) is 19.4 Å². The monoisotopic (exact) mass is 223 g/mol. The van der Waals surface area contributed by atoms with Crippen LogP contribution in [-0.4, -0.2) is 16.8 Å². The van der Waals surface area contributed by atoms with Crippen LogP contribution in [0, 0.1) is 17.0 Å². The number of nitrogens with zero attached hydrogens (tertiary/aromatic N) is 1. The molecular formula is C11H13NO4. The Labute approximate surface area is 93.2 Å². The molecule has 0 aromatic heterocycles. The van der Waals surface area contributed by atoms with Gasteiger partial charge in [0.2, 0.25) is 0 Å². The summed E-state index contributed by atoms with van der Waals surface area (Å²) in [7, 11) is 0. The third kappa shape index (κ3) is 2.56. The Morgan fingerprint density at radius 2 is 2.12 bits per heavy atom. The summed E-state index contributed by atoms with van der Waals surface area (Å²) < 4.78 is 5.34. The molecule has 86 valence electrons. The molecule has 5 heteroatoms. The highest BCUT2D eigenvalue weighted by atomic mass is 16.6. The Balaban J connectivity index is 3.02. The number of benzene rings is 1. The van der Waals surface area contributed by atoms with Crippen LogP contribution in [0.5, 0.6) is 5.75 Å². The zero-order chi connectivity index (χ0) is 12.3. The van der Waals surface area contributed by atoms with Gasteiger partial charge in [-0.3, -0.25) is 14.9 Å². The number of rotatable bonds is 4. The zero-order valence-electron chi connectivity index (χ0n) is 9.39. The molecule has 0 N–H and O–H groups in total. The first kappa shape index (κ1) is 12.2. The second-order valence-electron chi connectivity index (χ2n) is 3.53. The van der Waals surface area contributed by atoms with Crippen molar-refractivity contribution in [1.29, 1.82) is 0 Å². The Kier molecular flexibility index (Phi) is 3.60. The fourth-order valence-corrected chi connectivity index (χ4v) is 1.20. The van der Waals surface area contributed by atoms with Gasteiger partial charge >= 0.3 is 0 Å². The SMILES string of the molecule is CC(=O)C(C)Oc1cccc([N+](=O)[O-])c1C. The molecule has 0 amide bonds. The molecule has 0 radical (unpaired) electrons. The summed E-state index contributed by atoms with van der Waals surface area (Å²) in [5.74, 6) is 0.253. The van der Waals surface area contributed by atoms with Crippen molar-refractivity contribution in [2.45, 2.75) is 26.9 Å². The van der Waals surface area contributed by atoms with Crippen molar-refractivity contribution in [3.63, 3.8) is 0 Å². The van der Waals surface area contributed by atoms with Gasteiger partial charge in [-0.1, -0.05) is 6.07 Å². The summed E-state index contributed by atoms with van der Waals surface area (Å²) >= 11 is 0. The van der Waals surface area contributed by atoms with Crippen LogP contribution in [0.3, 0.4) is 0 Å². The summed E-state index contributed by atoms with van der Waals surface area (Å²) in [6.07, 6.45) is -0.597. The maximum atomic E-state index is 11.0. The minimum Gasteiger partial charge on any atom is -0.482 e. The van der Waals surface area contributed by atoms with Crippen molar-refractivity contribution in [3.05, 3.63) is 33.9 Å². The number of ether oxygens (including phenoxy) is 1. The molecule has 16 heavy (non-hydrogen) atoms. The zero-order valence-corrected chi connectivity index (χ0v) is 9.39. The minimum atomic E-state index is -0.597. The molecule has 0 saturated carbocycles. The van der Waals surface area contributed by atoms with Gasteiger partial charge in [0.25, 0.3) is 5.69 Å². The molecule has 0 saturated heterocycles. The van der Waals surface area contributed by atoms with E-state index in [4.69, 9.17) is 4.74 Å². The van der Waals surface area contributed by atoms with E-state index in [0.717, 1.165) is 0 Å². The van der Waals surface area contributed by atoms with E-state index >= 15 is 0 Å². The molecule has 0 fully saturated rings. The van der Waals surface area contributed by atoms with Crippen LogP contribution in [0.15, 0.2) is 18.2 Å². The maximum absolute atomic E-state index is 11.0. The summed E-state index contributed by atoms with van der Waals surface area (Å²) in [5, 5.41) is 10.7. The van der Waals surface area contributed by atoms with Crippen molar-refractivity contribution in [3.8, 4) is 5.75 Å². The van der Waals surface area contributed by atoms with Crippen molar-refractivity contribution in [1.82, 2.24) is 0 Å². The first-order valence-electron chi connectivity index (χ1n) is 4.84. The predicted octanol–water partition coefficient (Wildman–Crippen LogP) is 2.26. The van der Waals surface area contributed by atoms with Gasteiger partial charge in [-0.15, -0.1) is 0 Å². The number of carbonyl (C=O) groups excluding carboxylic acids is 1. The Morgan fingerprint density at radius 3 is 2.62 bits per heavy atom. The molecule has 1 aromatic carbocycles. The number of Topliss-reactive ketones (excluding diaryl/α,β-unsaturated/α-hetero) is 1. The highest BCUT2D eigenvalue weighted by Gasteiger charge is 2.17. The largest absolute Gasteiger partial charge is 0.482 e. The number of nitro benzene ring substituents is 1. The average Bonchev–Trinajstić information content (AvgIpc) is 2.20. The Morgan fingerprint density at radius 1 is 1.50 bits per heavy atom. The molecule has 0 spiro atoms. The molecule has 5 nitrogen and oxygen atoms in total. The van der Waals surface area contributed by atoms with E-state index < -0.39 is 11.0 Å². The molecule has 0 aliphatic heterocycles. The first-order valence-corrected chi connectivity index (χ1v) is 4.84. The fourth-order valence-electron chi connectivity index (χ4n) is 1.20. The molecular weight excluding hydrogens is 210 g/mol. The summed E-state index contributed by atoms with van der Waals surface area (Å²) in [4.78, 5) is 21.2. The van der Waals surface area contributed by atoms with Gasteiger partial charge in [0, 0.05) is 6.07 Å². The van der Waals surface area contributed by atoms with Crippen LogP contribution in [-0.2, 0) is 4.79 Å². The quantitative estimate of drug-likeness (QED) is 0.579. The standard InChI is InChI=1S/C11H13NO4/c1-7-10(12(14)15)5-4-6-11(7)16-9(3)8(2)13/h4-6,9H,1-3H3. The van der Waals surface area contributed by atoms with Gasteiger partial charge < -0.3 is 4.74 Å². The lowest BCUT2D eigenvalue weighted by Crippen LogP contribution is -2.21. The number of nitro groups is 1. The number of ketones is 1. The average molecular weight is 223 g/mol. The van der Waals surface area contributed by atoms with E-state index in [-0.39, 0.29) is 11.5 Å². The van der Waals surface area contributed by atoms with Crippen molar-refractivity contribution < 1.29 is 14.5 Å². The maximum Gasteiger partial charge on any atom is 0.276 e. The molecule has 1 atom stereocenters. The highest BCUT2D eigenvalue weighted by molar-refractivity contribution is 5.80. The molecule has 0 bridgehead atoms. The lowest BCUT2D eigenvalue weighted by atomic mass is 10.2. The third-order valence-electron chi connectivity index (χ3n) is 2.33. The summed E-state index contributed by atoms with van der Waals surface area (Å²) in [5.41, 5.74) is 0.425. The van der Waals surface area contributed by atoms with E-state index in [1.165, 1.54) is 19.1 Å². The predicted molar refractivity (Wildman–Crippen MR) is 58.6 cm³/mol. The van der Waals surface area contributed by atoms with Crippen molar-refractivity contribution >= 4 is 11.5 Å². The van der Waals surface area contributed by atoms with E-state index in [1.807, 2.05) is 0 Å². The smallest absolute Gasteiger partial charge is 0.276 e. The summed E-state index contributed by atoms with van der Waals surface area (Å²) in [6.45, 7) is 4.62. The second-order valence-corrected chi connectivity index (χ2v) is 3.53. The normalized spacial score (nSPS) is 11.9. The Bertz CT molecular complexity index is 428. The molecule has 0 aliphatic carbocycles. The highest BCUT2D eigenvalue weighted by Crippen LogP contribution is 2.27. The number of hydrogen-bond acceptors (Lipinski definition) is 4. The van der Waals surface area contributed by atoms with E-state index in [1.54, 1.807) is 19.9 Å². The van der Waals surface area contributed by atoms with E-state index in [0.29, 0.717) is 11.3 Å². The van der Waals surface area contributed by atoms with Crippen LogP contribution in [0.25, 0.3) is 0 Å². The van der Waals surface area contributed by atoms with Crippen LogP contribution < -0.4 is 4.74 Å². The van der Waals surface area contributed by atoms with Gasteiger partial charge in [0.05, 0.1) is 10.5 Å². The second kappa shape index (κ2) is 4.74. The van der Waals surface area contributed by atoms with Crippen molar-refractivity contribution in [2.24, 2.45) is 0 Å². The molecule has 1 rings (SSSR count). The molecule has 0 heterocycles.